The van der Waals surface area contributed by atoms with Crippen molar-refractivity contribution in [3.8, 4) is 0 Å². The summed E-state index contributed by atoms with van der Waals surface area (Å²) in [4.78, 5) is 36.0. The third kappa shape index (κ3) is 3.54. The van der Waals surface area contributed by atoms with Crippen LogP contribution in [0.1, 0.15) is 13.3 Å². The summed E-state index contributed by atoms with van der Waals surface area (Å²) in [5.74, 6) is -2.21. The van der Waals surface area contributed by atoms with Crippen molar-refractivity contribution in [3.63, 3.8) is 0 Å². The largest absolute Gasteiger partial charge is 0.466 e. The number of rotatable bonds is 3. The van der Waals surface area contributed by atoms with Gasteiger partial charge < -0.3 is 15.4 Å². The fourth-order valence-corrected chi connectivity index (χ4v) is 2.53. The summed E-state index contributed by atoms with van der Waals surface area (Å²) in [6.07, 6.45) is -0.0931. The van der Waals surface area contributed by atoms with Crippen molar-refractivity contribution in [1.82, 2.24) is 5.32 Å². The number of hydrogen-bond acceptors (Lipinski definition) is 4. The second-order valence-electron chi connectivity index (χ2n) is 4.83. The monoisotopic (exact) mass is 366 g/mol. The third-order valence-corrected chi connectivity index (χ3v) is 3.83. The highest BCUT2D eigenvalue weighted by molar-refractivity contribution is 9.10. The lowest BCUT2D eigenvalue weighted by molar-refractivity contribution is -0.139. The molecule has 1 aliphatic heterocycles. The highest BCUT2D eigenvalue weighted by Crippen LogP contribution is 2.26. The smallest absolute Gasteiger partial charge is 0.336 e. The van der Waals surface area contributed by atoms with Crippen LogP contribution in [0.15, 0.2) is 40.0 Å². The minimum atomic E-state index is -0.871. The van der Waals surface area contributed by atoms with E-state index in [1.807, 2.05) is 0 Å². The number of carbonyl (C=O) groups excluding carboxylic acids is 3. The number of ether oxygens (including phenoxy) is 1. The maximum Gasteiger partial charge on any atom is 0.336 e. The standard InChI is InChI=1S/C15H15BrN2O4/c1-8-13(15(21)22-2)11(7-12(19)17-8)14(20)18-10-5-3-9(16)4-6-10/h3-6,11H,7H2,1-2H3,(H,17,19)(H,18,20)/t11-/m1/s1. The van der Waals surface area contributed by atoms with E-state index in [1.165, 1.54) is 7.11 Å². The van der Waals surface area contributed by atoms with Crippen LogP contribution in [0.2, 0.25) is 0 Å². The van der Waals surface area contributed by atoms with Crippen LogP contribution in [0.3, 0.4) is 0 Å². The van der Waals surface area contributed by atoms with Gasteiger partial charge in [-0.1, -0.05) is 15.9 Å². The minimum Gasteiger partial charge on any atom is -0.466 e. The summed E-state index contributed by atoms with van der Waals surface area (Å²) < 4.78 is 5.59. The van der Waals surface area contributed by atoms with Crippen LogP contribution >= 0.6 is 15.9 Å². The van der Waals surface area contributed by atoms with Gasteiger partial charge in [0.25, 0.3) is 0 Å². The molecule has 7 heteroatoms. The molecule has 1 aliphatic rings. The van der Waals surface area contributed by atoms with Gasteiger partial charge in [-0.2, -0.15) is 0 Å². The molecule has 0 fully saturated rings. The van der Waals surface area contributed by atoms with E-state index in [4.69, 9.17) is 4.74 Å². The van der Waals surface area contributed by atoms with E-state index in [9.17, 15) is 14.4 Å². The first-order valence-corrected chi connectivity index (χ1v) is 7.37. The quantitative estimate of drug-likeness (QED) is 0.801. The van der Waals surface area contributed by atoms with Crippen LogP contribution in [0.25, 0.3) is 0 Å². The van der Waals surface area contributed by atoms with E-state index in [0.29, 0.717) is 11.4 Å². The van der Waals surface area contributed by atoms with E-state index in [2.05, 4.69) is 26.6 Å². The molecule has 1 aromatic carbocycles. The Labute approximate surface area is 136 Å². The first-order valence-electron chi connectivity index (χ1n) is 6.57. The molecule has 1 heterocycles. The van der Waals surface area contributed by atoms with Crippen molar-refractivity contribution in [2.75, 3.05) is 12.4 Å². The fraction of sp³-hybridized carbons (Fsp3) is 0.267. The van der Waals surface area contributed by atoms with Crippen LogP contribution in [0.5, 0.6) is 0 Å². The molecule has 1 aromatic rings. The Morgan fingerprint density at radius 3 is 2.55 bits per heavy atom. The Morgan fingerprint density at radius 1 is 1.32 bits per heavy atom. The highest BCUT2D eigenvalue weighted by Gasteiger charge is 2.36. The molecule has 2 rings (SSSR count). The van der Waals surface area contributed by atoms with Crippen LogP contribution in [0.4, 0.5) is 5.69 Å². The third-order valence-electron chi connectivity index (χ3n) is 3.30. The van der Waals surface area contributed by atoms with Gasteiger partial charge in [-0.05, 0) is 31.2 Å². The zero-order valence-corrected chi connectivity index (χ0v) is 13.7. The molecular weight excluding hydrogens is 352 g/mol. The molecule has 0 saturated heterocycles. The van der Waals surface area contributed by atoms with E-state index >= 15 is 0 Å². The van der Waals surface area contributed by atoms with E-state index in [-0.39, 0.29) is 17.9 Å². The number of amides is 2. The number of carbonyl (C=O) groups is 3. The van der Waals surface area contributed by atoms with Crippen LogP contribution in [-0.2, 0) is 19.1 Å². The van der Waals surface area contributed by atoms with Crippen LogP contribution < -0.4 is 10.6 Å². The normalized spacial score (nSPS) is 17.8. The van der Waals surface area contributed by atoms with E-state index in [0.717, 1.165) is 4.47 Å². The van der Waals surface area contributed by atoms with Crippen LogP contribution in [-0.4, -0.2) is 24.9 Å². The maximum atomic E-state index is 12.4. The average molecular weight is 367 g/mol. The summed E-state index contributed by atoms with van der Waals surface area (Å²) in [7, 11) is 1.24. The van der Waals surface area contributed by atoms with Gasteiger partial charge in [0.2, 0.25) is 11.8 Å². The molecule has 22 heavy (non-hydrogen) atoms. The molecule has 2 amide bonds. The SMILES string of the molecule is COC(=O)C1=C(C)NC(=O)C[C@H]1C(=O)Nc1ccc(Br)cc1. The zero-order chi connectivity index (χ0) is 16.3. The Morgan fingerprint density at radius 2 is 1.95 bits per heavy atom. The molecule has 6 nitrogen and oxygen atoms in total. The topological polar surface area (TPSA) is 84.5 Å². The molecule has 1 atom stereocenters. The number of esters is 1. The number of halogens is 1. The number of hydrogen-bond donors (Lipinski definition) is 2. The Balaban J connectivity index is 2.25. The van der Waals surface area contributed by atoms with E-state index in [1.54, 1.807) is 31.2 Å². The van der Waals surface area contributed by atoms with Crippen molar-refractivity contribution in [2.24, 2.45) is 5.92 Å². The van der Waals surface area contributed by atoms with Gasteiger partial charge in [-0.3, -0.25) is 9.59 Å². The van der Waals surface area contributed by atoms with Crippen LogP contribution in [0, 0.1) is 5.92 Å². The predicted molar refractivity (Wildman–Crippen MR) is 83.7 cm³/mol. The minimum absolute atomic E-state index is 0.0931. The Bertz CT molecular complexity index is 652. The first-order chi connectivity index (χ1) is 10.4. The molecule has 0 bridgehead atoms. The summed E-state index contributed by atoms with van der Waals surface area (Å²) >= 11 is 3.31. The molecule has 0 unspecified atom stereocenters. The Hall–Kier alpha value is -2.15. The summed E-state index contributed by atoms with van der Waals surface area (Å²) in [5, 5.41) is 5.26. The van der Waals surface area contributed by atoms with Gasteiger partial charge in [0, 0.05) is 22.3 Å². The number of allylic oxidation sites excluding steroid dienone is 1. The summed E-state index contributed by atoms with van der Waals surface area (Å²) in [6.45, 7) is 1.57. The molecule has 0 aromatic heterocycles. The molecule has 116 valence electrons. The van der Waals surface area contributed by atoms with Crippen molar-refractivity contribution in [2.45, 2.75) is 13.3 Å². The van der Waals surface area contributed by atoms with Gasteiger partial charge in [0.1, 0.15) is 0 Å². The Kier molecular flexibility index (Phi) is 4.97. The molecule has 0 saturated carbocycles. The van der Waals surface area contributed by atoms with Gasteiger partial charge in [0.05, 0.1) is 18.6 Å². The highest BCUT2D eigenvalue weighted by atomic mass is 79.9. The van der Waals surface area contributed by atoms with Gasteiger partial charge in [-0.25, -0.2) is 4.79 Å². The van der Waals surface area contributed by atoms with Gasteiger partial charge in [0.15, 0.2) is 0 Å². The number of benzene rings is 1. The second kappa shape index (κ2) is 6.74. The van der Waals surface area contributed by atoms with Crippen molar-refractivity contribution in [1.29, 1.82) is 0 Å². The van der Waals surface area contributed by atoms with E-state index < -0.39 is 17.8 Å². The number of nitrogens with one attached hydrogen (secondary N) is 2. The van der Waals surface area contributed by atoms with Crippen molar-refractivity contribution in [3.05, 3.63) is 40.0 Å². The maximum absolute atomic E-state index is 12.4. The van der Waals surface area contributed by atoms with Gasteiger partial charge in [-0.15, -0.1) is 0 Å². The lowest BCUT2D eigenvalue weighted by Crippen LogP contribution is -2.40. The zero-order valence-electron chi connectivity index (χ0n) is 12.1. The number of methoxy groups -OCH3 is 1. The fourth-order valence-electron chi connectivity index (χ4n) is 2.27. The molecule has 0 aliphatic carbocycles. The van der Waals surface area contributed by atoms with Crippen molar-refractivity contribution >= 4 is 39.4 Å². The lowest BCUT2D eigenvalue weighted by Gasteiger charge is -2.25. The molecule has 2 N–H and O–H groups in total. The summed E-state index contributed by atoms with van der Waals surface area (Å²) in [6, 6.07) is 7.01. The number of anilines is 1. The van der Waals surface area contributed by atoms with Crippen molar-refractivity contribution < 1.29 is 19.1 Å². The first kappa shape index (κ1) is 16.2. The predicted octanol–water partition coefficient (Wildman–Crippen LogP) is 1.97. The molecule has 0 radical (unpaired) electrons. The summed E-state index contributed by atoms with van der Waals surface area (Å²) in [5.41, 5.74) is 1.11. The second-order valence-corrected chi connectivity index (χ2v) is 5.75. The lowest BCUT2D eigenvalue weighted by atomic mass is 9.89. The molecular formula is C15H15BrN2O4. The van der Waals surface area contributed by atoms with Gasteiger partial charge >= 0.3 is 5.97 Å². The molecule has 0 spiro atoms. The average Bonchev–Trinajstić information content (AvgIpc) is 2.48.